The first-order valence-corrected chi connectivity index (χ1v) is 7.04. The molecule has 0 aliphatic heterocycles. The fraction of sp³-hybridized carbons (Fsp3) is 0.222. The van der Waals surface area contributed by atoms with Crippen molar-refractivity contribution in [3.8, 4) is 0 Å². The molecule has 0 aliphatic rings. The van der Waals surface area contributed by atoms with Gasteiger partial charge >= 0.3 is 11.9 Å². The summed E-state index contributed by atoms with van der Waals surface area (Å²) in [5, 5.41) is 0.841. The average Bonchev–Trinajstić information content (AvgIpc) is 2.85. The molecular formula is C18H19NO4. The molecule has 0 atom stereocenters. The van der Waals surface area contributed by atoms with E-state index < -0.39 is 11.9 Å². The number of ether oxygens (including phenoxy) is 2. The molecule has 0 radical (unpaired) electrons. The van der Waals surface area contributed by atoms with Crippen molar-refractivity contribution in [2.24, 2.45) is 7.05 Å². The van der Waals surface area contributed by atoms with Crippen LogP contribution >= 0.6 is 0 Å². The maximum atomic E-state index is 12.3. The highest BCUT2D eigenvalue weighted by Gasteiger charge is 2.24. The van der Waals surface area contributed by atoms with Crippen LogP contribution in [0.1, 0.15) is 18.2 Å². The van der Waals surface area contributed by atoms with E-state index in [2.05, 4.69) is 11.3 Å². The summed E-state index contributed by atoms with van der Waals surface area (Å²) >= 11 is 0. The van der Waals surface area contributed by atoms with E-state index in [-0.39, 0.29) is 5.57 Å². The van der Waals surface area contributed by atoms with Gasteiger partial charge in [-0.25, -0.2) is 9.59 Å². The third kappa shape index (κ3) is 2.90. The number of benzene rings is 1. The van der Waals surface area contributed by atoms with E-state index in [1.54, 1.807) is 0 Å². The van der Waals surface area contributed by atoms with Crippen molar-refractivity contribution in [2.75, 3.05) is 14.2 Å². The van der Waals surface area contributed by atoms with Gasteiger partial charge in [-0.15, -0.1) is 0 Å². The molecule has 2 rings (SSSR count). The van der Waals surface area contributed by atoms with Gasteiger partial charge in [0.1, 0.15) is 0 Å². The molecule has 0 N–H and O–H groups in total. The van der Waals surface area contributed by atoms with Gasteiger partial charge in [0.2, 0.25) is 0 Å². The summed E-state index contributed by atoms with van der Waals surface area (Å²) in [6, 6.07) is 7.63. The molecule has 0 spiro atoms. The second kappa shape index (κ2) is 6.52. The third-order valence-electron chi connectivity index (χ3n) is 3.65. The van der Waals surface area contributed by atoms with Crippen LogP contribution in [0.15, 0.2) is 36.9 Å². The van der Waals surface area contributed by atoms with Gasteiger partial charge in [-0.3, -0.25) is 0 Å². The number of hydrogen-bond donors (Lipinski definition) is 0. The Morgan fingerprint density at radius 2 is 1.83 bits per heavy atom. The molecule has 0 fully saturated rings. The summed E-state index contributed by atoms with van der Waals surface area (Å²) in [7, 11) is 4.43. The minimum absolute atomic E-state index is 0.147. The van der Waals surface area contributed by atoms with Crippen molar-refractivity contribution in [1.29, 1.82) is 0 Å². The lowest BCUT2D eigenvalue weighted by atomic mass is 9.99. The fourth-order valence-corrected chi connectivity index (χ4v) is 2.69. The Balaban J connectivity index is 2.90. The van der Waals surface area contributed by atoms with Gasteiger partial charge in [-0.2, -0.15) is 0 Å². The van der Waals surface area contributed by atoms with Crippen LogP contribution in [0, 0.1) is 0 Å². The first-order valence-electron chi connectivity index (χ1n) is 7.04. The second-order valence-electron chi connectivity index (χ2n) is 5.15. The van der Waals surface area contributed by atoms with Crippen LogP contribution < -0.4 is 0 Å². The van der Waals surface area contributed by atoms with Crippen LogP contribution in [-0.4, -0.2) is 30.7 Å². The topological polar surface area (TPSA) is 57.5 Å². The number of aryl methyl sites for hydroxylation is 1. The maximum Gasteiger partial charge on any atom is 0.338 e. The van der Waals surface area contributed by atoms with Gasteiger partial charge in [0.15, 0.2) is 0 Å². The van der Waals surface area contributed by atoms with Crippen LogP contribution in [0.3, 0.4) is 0 Å². The first-order chi connectivity index (χ1) is 10.9. The summed E-state index contributed by atoms with van der Waals surface area (Å²) in [6.45, 7) is 5.84. The van der Waals surface area contributed by atoms with Gasteiger partial charge in [-0.05, 0) is 18.6 Å². The summed E-state index contributed by atoms with van der Waals surface area (Å²) in [4.78, 5) is 24.0. The summed E-state index contributed by atoms with van der Waals surface area (Å²) in [6.07, 6.45) is 1.15. The Bertz CT molecular complexity index is 827. The van der Waals surface area contributed by atoms with Crippen molar-refractivity contribution in [2.45, 2.75) is 6.92 Å². The predicted octanol–water partition coefficient (Wildman–Crippen LogP) is 2.94. The van der Waals surface area contributed by atoms with E-state index in [4.69, 9.17) is 4.74 Å². The highest BCUT2D eigenvalue weighted by atomic mass is 16.5. The standard InChI is InChI=1S/C18H19NO4/c1-11(2)17-16(12-8-6-7-9-14(12)19(17)3)13(18(21)23-5)10-15(20)22-4/h6-10H,1H2,2-5H3/b13-10-. The summed E-state index contributed by atoms with van der Waals surface area (Å²) in [5.41, 5.74) is 3.24. The Hall–Kier alpha value is -2.82. The van der Waals surface area contributed by atoms with Crippen molar-refractivity contribution in [3.05, 3.63) is 48.2 Å². The fourth-order valence-electron chi connectivity index (χ4n) is 2.69. The Kier molecular flexibility index (Phi) is 4.69. The largest absolute Gasteiger partial charge is 0.466 e. The van der Waals surface area contributed by atoms with E-state index in [9.17, 15) is 9.59 Å². The number of hydrogen-bond acceptors (Lipinski definition) is 4. The summed E-state index contributed by atoms with van der Waals surface area (Å²) < 4.78 is 11.5. The lowest BCUT2D eigenvalue weighted by Gasteiger charge is -2.10. The van der Waals surface area contributed by atoms with E-state index in [1.807, 2.05) is 42.8 Å². The lowest BCUT2D eigenvalue weighted by Crippen LogP contribution is -2.09. The van der Waals surface area contributed by atoms with Crippen molar-refractivity contribution >= 4 is 34.0 Å². The van der Waals surface area contributed by atoms with Gasteiger partial charge in [0.05, 0.1) is 25.5 Å². The normalized spacial score (nSPS) is 11.4. The molecular weight excluding hydrogens is 294 g/mol. The van der Waals surface area contributed by atoms with Gasteiger partial charge < -0.3 is 14.0 Å². The molecule has 5 heteroatoms. The second-order valence-corrected chi connectivity index (χ2v) is 5.15. The van der Waals surface area contributed by atoms with Crippen molar-refractivity contribution in [3.63, 3.8) is 0 Å². The number of aromatic nitrogens is 1. The highest BCUT2D eigenvalue weighted by molar-refractivity contribution is 6.25. The molecule has 5 nitrogen and oxygen atoms in total. The molecule has 0 aliphatic carbocycles. The van der Waals surface area contributed by atoms with E-state index >= 15 is 0 Å². The monoisotopic (exact) mass is 313 g/mol. The number of carbonyl (C=O) groups excluding carboxylic acids is 2. The zero-order valence-corrected chi connectivity index (χ0v) is 13.7. The average molecular weight is 313 g/mol. The summed E-state index contributed by atoms with van der Waals surface area (Å²) in [5.74, 6) is -1.22. The molecule has 1 aromatic carbocycles. The van der Waals surface area contributed by atoms with Crippen LogP contribution in [0.2, 0.25) is 0 Å². The highest BCUT2D eigenvalue weighted by Crippen LogP contribution is 2.35. The molecule has 0 saturated heterocycles. The Labute approximate surface area is 134 Å². The minimum atomic E-state index is -0.619. The third-order valence-corrected chi connectivity index (χ3v) is 3.65. The van der Waals surface area contributed by atoms with Crippen LogP contribution in [0.4, 0.5) is 0 Å². The molecule has 0 saturated carbocycles. The number of methoxy groups -OCH3 is 2. The van der Waals surface area contributed by atoms with Crippen LogP contribution in [0.25, 0.3) is 22.0 Å². The Morgan fingerprint density at radius 3 is 2.39 bits per heavy atom. The number of nitrogens with zero attached hydrogens (tertiary/aromatic N) is 1. The van der Waals surface area contributed by atoms with Gasteiger partial charge in [0.25, 0.3) is 0 Å². The molecule has 0 bridgehead atoms. The molecule has 120 valence electrons. The number of allylic oxidation sites excluding steroid dienone is 1. The zero-order chi connectivity index (χ0) is 17.1. The molecule has 0 unspecified atom stereocenters. The van der Waals surface area contributed by atoms with Crippen molar-refractivity contribution in [1.82, 2.24) is 4.57 Å². The van der Waals surface area contributed by atoms with Gasteiger partial charge in [-0.1, -0.05) is 24.8 Å². The number of carbonyl (C=O) groups is 2. The quantitative estimate of drug-likeness (QED) is 0.643. The zero-order valence-electron chi connectivity index (χ0n) is 13.7. The SMILES string of the molecule is C=C(C)c1c(/C(=C/C(=O)OC)C(=O)OC)c2ccccc2n1C. The first kappa shape index (κ1) is 16.5. The van der Waals surface area contributed by atoms with Crippen LogP contribution in [0.5, 0.6) is 0 Å². The molecule has 0 amide bonds. The predicted molar refractivity (Wildman–Crippen MR) is 89.6 cm³/mol. The van der Waals surface area contributed by atoms with Crippen LogP contribution in [-0.2, 0) is 26.1 Å². The minimum Gasteiger partial charge on any atom is -0.466 e. The molecule has 1 aromatic heterocycles. The number of para-hydroxylation sites is 1. The lowest BCUT2D eigenvalue weighted by molar-refractivity contribution is -0.136. The number of fused-ring (bicyclic) bond motifs is 1. The molecule has 2 aromatic rings. The Morgan fingerprint density at radius 1 is 1.17 bits per heavy atom. The van der Waals surface area contributed by atoms with Gasteiger partial charge in [0, 0.05) is 29.6 Å². The molecule has 23 heavy (non-hydrogen) atoms. The van der Waals surface area contributed by atoms with E-state index in [1.165, 1.54) is 14.2 Å². The van der Waals surface area contributed by atoms with E-state index in [0.717, 1.165) is 28.2 Å². The van der Waals surface area contributed by atoms with E-state index in [0.29, 0.717) is 5.56 Å². The molecule has 1 heterocycles. The smallest absolute Gasteiger partial charge is 0.338 e. The number of rotatable bonds is 4. The maximum absolute atomic E-state index is 12.3. The van der Waals surface area contributed by atoms with Crippen molar-refractivity contribution < 1.29 is 19.1 Å². The number of esters is 2.